The molecule has 1 aliphatic rings. The summed E-state index contributed by atoms with van der Waals surface area (Å²) in [6.45, 7) is 4.15. The molecule has 1 fully saturated rings. The van der Waals surface area contributed by atoms with Crippen molar-refractivity contribution < 1.29 is 19.1 Å². The van der Waals surface area contributed by atoms with Gasteiger partial charge in [-0.25, -0.2) is 0 Å². The minimum atomic E-state index is -0.418. The molecule has 0 radical (unpaired) electrons. The second kappa shape index (κ2) is 12.1. The lowest BCUT2D eigenvalue weighted by atomic mass is 10.0. The number of rotatable bonds is 9. The molecular weight excluding hydrogens is 553 g/mol. The van der Waals surface area contributed by atoms with Crippen LogP contribution in [0.2, 0.25) is 15.1 Å². The lowest BCUT2D eigenvalue weighted by Crippen LogP contribution is -2.27. The van der Waals surface area contributed by atoms with Crippen molar-refractivity contribution in [2.24, 2.45) is 0 Å². The number of hydrogen-bond acceptors (Lipinski definition) is 5. The van der Waals surface area contributed by atoms with E-state index in [1.807, 2.05) is 18.2 Å². The van der Waals surface area contributed by atoms with E-state index >= 15 is 0 Å². The molecule has 0 unspecified atom stereocenters. The number of carbonyl (C=O) groups is 2. The fourth-order valence-corrected chi connectivity index (χ4v) is 5.24. The Kier molecular flexibility index (Phi) is 8.87. The van der Waals surface area contributed by atoms with E-state index in [-0.39, 0.29) is 11.4 Å². The van der Waals surface area contributed by atoms with Crippen LogP contribution in [0.4, 0.5) is 4.79 Å². The molecule has 0 aromatic heterocycles. The zero-order valence-corrected chi connectivity index (χ0v) is 22.9. The Bertz CT molecular complexity index is 1370. The maximum Gasteiger partial charge on any atom is 0.293 e. The average Bonchev–Trinajstić information content (AvgIpc) is 3.13. The molecule has 9 heteroatoms. The molecule has 190 valence electrons. The van der Waals surface area contributed by atoms with Crippen molar-refractivity contribution in [3.05, 3.63) is 109 Å². The third-order valence-corrected chi connectivity index (χ3v) is 7.45. The smallest absolute Gasteiger partial charge is 0.293 e. The van der Waals surface area contributed by atoms with Gasteiger partial charge in [0, 0.05) is 26.2 Å². The predicted octanol–water partition coefficient (Wildman–Crippen LogP) is 8.20. The summed E-state index contributed by atoms with van der Waals surface area (Å²) in [5.74, 6) is 0.663. The topological polar surface area (TPSA) is 55.8 Å². The van der Waals surface area contributed by atoms with E-state index in [9.17, 15) is 9.59 Å². The van der Waals surface area contributed by atoms with E-state index in [0.717, 1.165) is 27.8 Å². The first-order chi connectivity index (χ1) is 17.8. The number of ether oxygens (including phenoxy) is 2. The van der Waals surface area contributed by atoms with Crippen LogP contribution in [-0.4, -0.2) is 23.2 Å². The molecule has 5 nitrogen and oxygen atoms in total. The van der Waals surface area contributed by atoms with Crippen molar-refractivity contribution in [1.82, 2.24) is 4.90 Å². The second-order valence-electron chi connectivity index (χ2n) is 8.09. The van der Waals surface area contributed by atoms with Crippen LogP contribution >= 0.6 is 46.6 Å². The van der Waals surface area contributed by atoms with E-state index in [1.54, 1.807) is 55.7 Å². The summed E-state index contributed by atoms with van der Waals surface area (Å²) in [5.41, 5.74) is 2.99. The number of methoxy groups -OCH3 is 1. The number of imide groups is 1. The minimum Gasteiger partial charge on any atom is -0.493 e. The molecule has 37 heavy (non-hydrogen) atoms. The largest absolute Gasteiger partial charge is 0.493 e. The minimum absolute atomic E-state index is 0.0109. The van der Waals surface area contributed by atoms with Gasteiger partial charge in [0.15, 0.2) is 11.5 Å². The van der Waals surface area contributed by atoms with Gasteiger partial charge < -0.3 is 9.47 Å². The Morgan fingerprint density at radius 2 is 1.73 bits per heavy atom. The quantitative estimate of drug-likeness (QED) is 0.190. The Labute approximate surface area is 234 Å². The number of amides is 2. The molecule has 3 aromatic carbocycles. The SMILES string of the molecule is C=CCc1cc(/C=C2\SC(=O)N(Cc3c(Cl)cccc3Cl)C2=O)cc(OC)c1OCc1ccc(Cl)cc1. The van der Waals surface area contributed by atoms with Crippen LogP contribution < -0.4 is 9.47 Å². The number of halogens is 3. The van der Waals surface area contributed by atoms with Crippen molar-refractivity contribution in [3.8, 4) is 11.5 Å². The van der Waals surface area contributed by atoms with Crippen LogP contribution in [-0.2, 0) is 24.4 Å². The molecule has 1 heterocycles. The van der Waals surface area contributed by atoms with Gasteiger partial charge in [0.1, 0.15) is 6.61 Å². The number of benzene rings is 3. The highest BCUT2D eigenvalue weighted by molar-refractivity contribution is 8.18. The molecule has 1 aliphatic heterocycles. The first-order valence-electron chi connectivity index (χ1n) is 11.2. The molecule has 0 aliphatic carbocycles. The maximum atomic E-state index is 13.1. The van der Waals surface area contributed by atoms with Crippen molar-refractivity contribution in [2.75, 3.05) is 7.11 Å². The molecule has 1 saturated heterocycles. The molecule has 0 saturated carbocycles. The second-order valence-corrected chi connectivity index (χ2v) is 10.3. The lowest BCUT2D eigenvalue weighted by molar-refractivity contribution is -0.123. The number of carbonyl (C=O) groups excluding carboxylic acids is 2. The Morgan fingerprint density at radius 3 is 2.38 bits per heavy atom. The number of nitrogens with zero attached hydrogens (tertiary/aromatic N) is 1. The van der Waals surface area contributed by atoms with E-state index in [0.29, 0.717) is 50.7 Å². The fourth-order valence-electron chi connectivity index (χ4n) is 3.75. The summed E-state index contributed by atoms with van der Waals surface area (Å²) in [7, 11) is 1.55. The summed E-state index contributed by atoms with van der Waals surface area (Å²) < 4.78 is 11.7. The molecule has 3 aromatic rings. The Hall–Kier alpha value is -2.90. The summed E-state index contributed by atoms with van der Waals surface area (Å²) in [6.07, 6.45) is 3.94. The lowest BCUT2D eigenvalue weighted by Gasteiger charge is -2.16. The van der Waals surface area contributed by atoms with Gasteiger partial charge in [-0.05, 0) is 71.8 Å². The van der Waals surface area contributed by atoms with Gasteiger partial charge in [-0.15, -0.1) is 6.58 Å². The standard InChI is InChI=1S/C28H22Cl3NO4S/c1-3-5-19-12-18(13-24(35-2)26(19)36-16-17-8-10-20(29)11-9-17)14-25-27(33)32(28(34)37-25)15-21-22(30)6-4-7-23(21)31/h3-4,6-14H,1,5,15-16H2,2H3/b25-14-. The monoisotopic (exact) mass is 573 g/mol. The summed E-state index contributed by atoms with van der Waals surface area (Å²) in [6, 6.07) is 16.1. The fraction of sp³-hybridized carbons (Fsp3) is 0.143. The zero-order chi connectivity index (χ0) is 26.5. The summed E-state index contributed by atoms with van der Waals surface area (Å²) in [5, 5.41) is 1.04. The van der Waals surface area contributed by atoms with E-state index in [2.05, 4.69) is 6.58 Å². The van der Waals surface area contributed by atoms with E-state index in [4.69, 9.17) is 44.3 Å². The predicted molar refractivity (Wildman–Crippen MR) is 151 cm³/mol. The molecule has 2 amide bonds. The maximum absolute atomic E-state index is 13.1. The highest BCUT2D eigenvalue weighted by Gasteiger charge is 2.35. The normalized spacial score (nSPS) is 14.4. The summed E-state index contributed by atoms with van der Waals surface area (Å²) >= 11 is 19.3. The zero-order valence-electron chi connectivity index (χ0n) is 19.8. The number of allylic oxidation sites excluding steroid dienone is 1. The third kappa shape index (κ3) is 6.33. The van der Waals surface area contributed by atoms with Crippen LogP contribution in [0.25, 0.3) is 6.08 Å². The van der Waals surface area contributed by atoms with Crippen molar-refractivity contribution in [2.45, 2.75) is 19.6 Å². The van der Waals surface area contributed by atoms with Crippen molar-refractivity contribution in [1.29, 1.82) is 0 Å². The molecule has 0 atom stereocenters. The molecule has 0 spiro atoms. The van der Waals surface area contributed by atoms with Gasteiger partial charge in [-0.1, -0.05) is 59.1 Å². The molecule has 4 rings (SSSR count). The Morgan fingerprint density at radius 1 is 1.03 bits per heavy atom. The van der Waals surface area contributed by atoms with Gasteiger partial charge in [-0.3, -0.25) is 14.5 Å². The van der Waals surface area contributed by atoms with Crippen molar-refractivity contribution in [3.63, 3.8) is 0 Å². The summed E-state index contributed by atoms with van der Waals surface area (Å²) in [4.78, 5) is 27.2. The number of thioether (sulfide) groups is 1. The van der Waals surface area contributed by atoms with Crippen LogP contribution in [0.15, 0.2) is 72.2 Å². The number of hydrogen-bond donors (Lipinski definition) is 0. The van der Waals surface area contributed by atoms with E-state index < -0.39 is 11.1 Å². The first kappa shape index (κ1) is 27.1. The third-order valence-electron chi connectivity index (χ3n) is 5.58. The van der Waals surface area contributed by atoms with Gasteiger partial charge >= 0.3 is 0 Å². The van der Waals surface area contributed by atoms with E-state index in [1.165, 1.54) is 0 Å². The Balaban J connectivity index is 1.60. The van der Waals surface area contributed by atoms with Gasteiger partial charge in [0.05, 0.1) is 18.6 Å². The molecule has 0 N–H and O–H groups in total. The highest BCUT2D eigenvalue weighted by Crippen LogP contribution is 2.39. The first-order valence-corrected chi connectivity index (χ1v) is 13.1. The van der Waals surface area contributed by atoms with Crippen LogP contribution in [0.1, 0.15) is 22.3 Å². The molecule has 0 bridgehead atoms. The van der Waals surface area contributed by atoms with Crippen LogP contribution in [0.3, 0.4) is 0 Å². The molecular formula is C28H22Cl3NO4S. The van der Waals surface area contributed by atoms with Gasteiger partial charge in [0.2, 0.25) is 0 Å². The van der Waals surface area contributed by atoms with Crippen molar-refractivity contribution >= 4 is 63.8 Å². The highest BCUT2D eigenvalue weighted by atomic mass is 35.5. The van der Waals surface area contributed by atoms with Crippen LogP contribution in [0.5, 0.6) is 11.5 Å². The average molecular weight is 575 g/mol. The van der Waals surface area contributed by atoms with Gasteiger partial charge in [0.25, 0.3) is 11.1 Å². The van der Waals surface area contributed by atoms with Crippen LogP contribution in [0, 0.1) is 0 Å². The van der Waals surface area contributed by atoms with Gasteiger partial charge in [-0.2, -0.15) is 0 Å².